The molecule has 0 radical (unpaired) electrons. The Morgan fingerprint density at radius 2 is 2.04 bits per heavy atom. The van der Waals surface area contributed by atoms with E-state index in [4.69, 9.17) is 0 Å². The van der Waals surface area contributed by atoms with Gasteiger partial charge in [-0.3, -0.25) is 9.59 Å². The summed E-state index contributed by atoms with van der Waals surface area (Å²) in [5.74, 6) is -1.72. The zero-order chi connectivity index (χ0) is 16.6. The molecular weight excluding hydrogens is 296 g/mol. The Morgan fingerprint density at radius 3 is 2.70 bits per heavy atom. The minimum absolute atomic E-state index is 0.0323. The van der Waals surface area contributed by atoms with E-state index in [9.17, 15) is 19.5 Å². The Kier molecular flexibility index (Phi) is 4.07. The van der Waals surface area contributed by atoms with Crippen LogP contribution in [0, 0.1) is 5.92 Å². The molecule has 1 aromatic rings. The molecule has 2 heterocycles. The first-order valence-electron chi connectivity index (χ1n) is 7.91. The molecule has 0 aliphatic carbocycles. The van der Waals surface area contributed by atoms with Crippen molar-refractivity contribution in [3.63, 3.8) is 0 Å². The number of carboxylic acids is 1. The molecule has 6 nitrogen and oxygen atoms in total. The summed E-state index contributed by atoms with van der Waals surface area (Å²) in [6.45, 7) is 3.22. The minimum atomic E-state index is -1.03. The smallest absolute Gasteiger partial charge is 0.331 e. The number of nitrogens with zero attached hydrogens (tertiary/aromatic N) is 2. The lowest BCUT2D eigenvalue weighted by Gasteiger charge is -2.36. The lowest BCUT2D eigenvalue weighted by molar-refractivity contribution is -0.153. The predicted molar refractivity (Wildman–Crippen MR) is 82.6 cm³/mol. The average Bonchev–Trinajstić information content (AvgIpc) is 2.93. The molecule has 6 heteroatoms. The van der Waals surface area contributed by atoms with Crippen LogP contribution in [0.2, 0.25) is 0 Å². The standard InChI is InChI=1S/C17H20N2O4/c1-2-18-10-12(9-14(18)20)16(21)19-8-7-11-5-3-4-6-13(11)15(19)17(22)23/h3-6,12,15H,2,7-10H2,1H3,(H,22,23). The summed E-state index contributed by atoms with van der Waals surface area (Å²) in [6.07, 6.45) is 0.820. The summed E-state index contributed by atoms with van der Waals surface area (Å²) in [4.78, 5) is 39.5. The normalized spacial score (nSPS) is 23.8. The Morgan fingerprint density at radius 1 is 1.30 bits per heavy atom. The van der Waals surface area contributed by atoms with Gasteiger partial charge in [-0.05, 0) is 24.5 Å². The summed E-state index contributed by atoms with van der Waals surface area (Å²) < 4.78 is 0. The molecule has 1 aromatic carbocycles. The van der Waals surface area contributed by atoms with Crippen LogP contribution in [0.25, 0.3) is 0 Å². The van der Waals surface area contributed by atoms with E-state index in [1.165, 1.54) is 4.90 Å². The molecular formula is C17H20N2O4. The first-order chi connectivity index (χ1) is 11.0. The number of carbonyl (C=O) groups is 3. The lowest BCUT2D eigenvalue weighted by atomic mass is 9.91. The van der Waals surface area contributed by atoms with Crippen LogP contribution < -0.4 is 0 Å². The molecule has 2 unspecified atom stereocenters. The van der Waals surface area contributed by atoms with E-state index in [-0.39, 0.29) is 18.2 Å². The van der Waals surface area contributed by atoms with E-state index in [1.54, 1.807) is 17.0 Å². The number of likely N-dealkylation sites (tertiary alicyclic amines) is 1. The predicted octanol–water partition coefficient (Wildman–Crippen LogP) is 1.07. The maximum atomic E-state index is 12.8. The van der Waals surface area contributed by atoms with Crippen LogP contribution >= 0.6 is 0 Å². The summed E-state index contributed by atoms with van der Waals surface area (Å²) in [6, 6.07) is 6.39. The van der Waals surface area contributed by atoms with E-state index in [0.29, 0.717) is 31.6 Å². The molecule has 2 amide bonds. The SMILES string of the molecule is CCN1CC(C(=O)N2CCc3ccccc3C2C(=O)O)CC1=O. The number of rotatable bonds is 3. The highest BCUT2D eigenvalue weighted by atomic mass is 16.4. The quantitative estimate of drug-likeness (QED) is 0.904. The van der Waals surface area contributed by atoms with Gasteiger partial charge in [0.1, 0.15) is 0 Å². The van der Waals surface area contributed by atoms with Crippen LogP contribution in [-0.4, -0.2) is 52.3 Å². The highest BCUT2D eigenvalue weighted by molar-refractivity contribution is 5.92. The van der Waals surface area contributed by atoms with Crippen molar-refractivity contribution in [2.75, 3.05) is 19.6 Å². The van der Waals surface area contributed by atoms with Crippen molar-refractivity contribution in [2.24, 2.45) is 5.92 Å². The molecule has 0 spiro atoms. The van der Waals surface area contributed by atoms with Crippen LogP contribution in [-0.2, 0) is 20.8 Å². The molecule has 2 aliphatic rings. The van der Waals surface area contributed by atoms with Crippen LogP contribution in [0.4, 0.5) is 0 Å². The minimum Gasteiger partial charge on any atom is -0.479 e. The molecule has 23 heavy (non-hydrogen) atoms. The monoisotopic (exact) mass is 316 g/mol. The van der Waals surface area contributed by atoms with Crippen LogP contribution in [0.5, 0.6) is 0 Å². The van der Waals surface area contributed by atoms with Gasteiger partial charge >= 0.3 is 5.97 Å². The third kappa shape index (κ3) is 2.69. The van der Waals surface area contributed by atoms with Crippen molar-refractivity contribution in [1.82, 2.24) is 9.80 Å². The topological polar surface area (TPSA) is 77.9 Å². The van der Waals surface area contributed by atoms with E-state index < -0.39 is 17.9 Å². The molecule has 0 bridgehead atoms. The van der Waals surface area contributed by atoms with Crippen molar-refractivity contribution >= 4 is 17.8 Å². The average molecular weight is 316 g/mol. The third-order valence-corrected chi connectivity index (χ3v) is 4.75. The Labute approximate surface area is 134 Å². The molecule has 1 N–H and O–H groups in total. The zero-order valence-corrected chi connectivity index (χ0v) is 13.1. The fourth-order valence-electron chi connectivity index (χ4n) is 3.55. The van der Waals surface area contributed by atoms with Gasteiger partial charge in [0.2, 0.25) is 11.8 Å². The zero-order valence-electron chi connectivity index (χ0n) is 13.1. The molecule has 0 aromatic heterocycles. The van der Waals surface area contributed by atoms with Crippen molar-refractivity contribution in [3.8, 4) is 0 Å². The summed E-state index contributed by atoms with van der Waals surface area (Å²) in [5, 5.41) is 9.63. The fraction of sp³-hybridized carbons (Fsp3) is 0.471. The molecule has 0 saturated carbocycles. The molecule has 2 atom stereocenters. The molecule has 1 fully saturated rings. The number of benzene rings is 1. The largest absolute Gasteiger partial charge is 0.479 e. The molecule has 3 rings (SSSR count). The number of carbonyl (C=O) groups excluding carboxylic acids is 2. The Balaban J connectivity index is 1.86. The third-order valence-electron chi connectivity index (χ3n) is 4.75. The number of hydrogen-bond donors (Lipinski definition) is 1. The maximum absolute atomic E-state index is 12.8. The number of hydrogen-bond acceptors (Lipinski definition) is 3. The van der Waals surface area contributed by atoms with Gasteiger partial charge in [-0.1, -0.05) is 24.3 Å². The van der Waals surface area contributed by atoms with Gasteiger partial charge in [0.05, 0.1) is 5.92 Å². The fourth-order valence-corrected chi connectivity index (χ4v) is 3.55. The number of fused-ring (bicyclic) bond motifs is 1. The second kappa shape index (κ2) is 6.02. The van der Waals surface area contributed by atoms with Gasteiger partial charge in [0.25, 0.3) is 0 Å². The summed E-state index contributed by atoms with van der Waals surface area (Å²) >= 11 is 0. The first kappa shape index (κ1) is 15.5. The van der Waals surface area contributed by atoms with Gasteiger partial charge in [0, 0.05) is 26.1 Å². The van der Waals surface area contributed by atoms with E-state index in [0.717, 1.165) is 5.56 Å². The van der Waals surface area contributed by atoms with Gasteiger partial charge < -0.3 is 14.9 Å². The van der Waals surface area contributed by atoms with Gasteiger partial charge in [0.15, 0.2) is 6.04 Å². The van der Waals surface area contributed by atoms with Crippen LogP contribution in [0.3, 0.4) is 0 Å². The molecule has 122 valence electrons. The maximum Gasteiger partial charge on any atom is 0.331 e. The van der Waals surface area contributed by atoms with Crippen molar-refractivity contribution < 1.29 is 19.5 Å². The highest BCUT2D eigenvalue weighted by Gasteiger charge is 2.41. The molecule has 1 saturated heterocycles. The number of aliphatic carboxylic acids is 1. The summed E-state index contributed by atoms with van der Waals surface area (Å²) in [5.41, 5.74) is 1.65. The summed E-state index contributed by atoms with van der Waals surface area (Å²) in [7, 11) is 0. The van der Waals surface area contributed by atoms with Crippen molar-refractivity contribution in [2.45, 2.75) is 25.8 Å². The van der Waals surface area contributed by atoms with Gasteiger partial charge in [-0.2, -0.15) is 0 Å². The second-order valence-corrected chi connectivity index (χ2v) is 6.05. The Hall–Kier alpha value is -2.37. The molecule has 2 aliphatic heterocycles. The van der Waals surface area contributed by atoms with Crippen molar-refractivity contribution in [3.05, 3.63) is 35.4 Å². The van der Waals surface area contributed by atoms with Crippen LogP contribution in [0.1, 0.15) is 30.5 Å². The van der Waals surface area contributed by atoms with Crippen molar-refractivity contribution in [1.29, 1.82) is 0 Å². The van der Waals surface area contributed by atoms with Gasteiger partial charge in [-0.25, -0.2) is 4.79 Å². The second-order valence-electron chi connectivity index (χ2n) is 6.05. The van der Waals surface area contributed by atoms with Crippen LogP contribution in [0.15, 0.2) is 24.3 Å². The van der Waals surface area contributed by atoms with Gasteiger partial charge in [-0.15, -0.1) is 0 Å². The first-order valence-corrected chi connectivity index (χ1v) is 7.91. The van der Waals surface area contributed by atoms with E-state index in [2.05, 4.69) is 0 Å². The van der Waals surface area contributed by atoms with E-state index >= 15 is 0 Å². The lowest BCUT2D eigenvalue weighted by Crippen LogP contribution is -2.46. The highest BCUT2D eigenvalue weighted by Crippen LogP contribution is 2.32. The number of carboxylic acid groups (broad SMARTS) is 1. The number of amides is 2. The van der Waals surface area contributed by atoms with E-state index in [1.807, 2.05) is 19.1 Å². The Bertz CT molecular complexity index is 658.